The summed E-state index contributed by atoms with van der Waals surface area (Å²) in [5.41, 5.74) is 1.20. The fourth-order valence-corrected chi connectivity index (χ4v) is 2.01. The van der Waals surface area contributed by atoms with Gasteiger partial charge in [0.05, 0.1) is 6.20 Å². The highest BCUT2D eigenvalue weighted by Gasteiger charge is 2.16. The molecule has 2 rings (SSSR count). The molecule has 1 aromatic rings. The summed E-state index contributed by atoms with van der Waals surface area (Å²) < 4.78 is 5.73. The smallest absolute Gasteiger partial charge is 0.137 e. The molecule has 0 saturated carbocycles. The van der Waals surface area contributed by atoms with Gasteiger partial charge in [-0.3, -0.25) is 4.98 Å². The molecule has 2 heterocycles. The van der Waals surface area contributed by atoms with Crippen LogP contribution in [0.5, 0.6) is 5.75 Å². The Bertz CT molecular complexity index is 347. The summed E-state index contributed by atoms with van der Waals surface area (Å²) in [5.74, 6) is 0.867. The van der Waals surface area contributed by atoms with Crippen molar-refractivity contribution in [1.29, 1.82) is 0 Å². The van der Waals surface area contributed by atoms with Gasteiger partial charge in [0.1, 0.15) is 12.4 Å². The van der Waals surface area contributed by atoms with Crippen molar-refractivity contribution >= 4 is 0 Å². The van der Waals surface area contributed by atoms with E-state index in [1.807, 2.05) is 12.3 Å². The minimum atomic E-state index is 0.103. The highest BCUT2D eigenvalue weighted by Crippen LogP contribution is 2.21. The zero-order valence-corrected chi connectivity index (χ0v) is 11.0. The highest BCUT2D eigenvalue weighted by atomic mass is 16.5. The van der Waals surface area contributed by atoms with E-state index < -0.39 is 0 Å². The molecule has 0 bridgehead atoms. The molecule has 1 unspecified atom stereocenters. The Hall–Kier alpha value is -1.09. The van der Waals surface area contributed by atoms with Crippen molar-refractivity contribution in [1.82, 2.24) is 10.3 Å². The summed E-state index contributed by atoms with van der Waals surface area (Å²) in [6.07, 6.45) is 4.30. The number of hydrogen-bond donors (Lipinski definition) is 1. The zero-order valence-electron chi connectivity index (χ0n) is 11.0. The third-order valence-corrected chi connectivity index (χ3v) is 3.12. The lowest BCUT2D eigenvalue weighted by Gasteiger charge is -2.18. The minimum absolute atomic E-state index is 0.103. The molecule has 1 aliphatic rings. The van der Waals surface area contributed by atoms with Crippen LogP contribution in [0.15, 0.2) is 18.3 Å². The van der Waals surface area contributed by atoms with Crippen molar-refractivity contribution in [3.05, 3.63) is 24.0 Å². The Labute approximate surface area is 104 Å². The molecule has 1 atom stereocenters. The number of nitrogens with one attached hydrogen (secondary N) is 1. The molecule has 17 heavy (non-hydrogen) atoms. The summed E-state index contributed by atoms with van der Waals surface area (Å²) in [4.78, 5) is 4.45. The third-order valence-electron chi connectivity index (χ3n) is 3.12. The van der Waals surface area contributed by atoms with E-state index in [-0.39, 0.29) is 5.41 Å². The normalized spacial score (nSPS) is 20.5. The zero-order chi connectivity index (χ0) is 12.3. The van der Waals surface area contributed by atoms with Gasteiger partial charge in [-0.25, -0.2) is 0 Å². The van der Waals surface area contributed by atoms with Crippen LogP contribution in [-0.4, -0.2) is 24.2 Å². The number of ether oxygens (including phenoxy) is 1. The molecule has 0 aliphatic carbocycles. The first-order valence-corrected chi connectivity index (χ1v) is 6.38. The van der Waals surface area contributed by atoms with Gasteiger partial charge in [-0.15, -0.1) is 0 Å². The van der Waals surface area contributed by atoms with Gasteiger partial charge in [-0.05, 0) is 31.5 Å². The van der Waals surface area contributed by atoms with Gasteiger partial charge in [-0.2, -0.15) is 0 Å². The van der Waals surface area contributed by atoms with E-state index in [9.17, 15) is 0 Å². The second kappa shape index (κ2) is 5.05. The predicted molar refractivity (Wildman–Crippen MR) is 69.5 cm³/mol. The molecule has 3 nitrogen and oxygen atoms in total. The van der Waals surface area contributed by atoms with E-state index >= 15 is 0 Å². The maximum atomic E-state index is 5.73. The Morgan fingerprint density at radius 2 is 2.24 bits per heavy atom. The number of pyridine rings is 1. The summed E-state index contributed by atoms with van der Waals surface area (Å²) in [6, 6.07) is 4.58. The molecule has 0 amide bonds. The van der Waals surface area contributed by atoms with E-state index in [0.717, 1.165) is 24.6 Å². The highest BCUT2D eigenvalue weighted by molar-refractivity contribution is 5.23. The van der Waals surface area contributed by atoms with Gasteiger partial charge in [0.25, 0.3) is 0 Å². The topological polar surface area (TPSA) is 34.1 Å². The van der Waals surface area contributed by atoms with Crippen LogP contribution in [0.2, 0.25) is 0 Å². The average molecular weight is 234 g/mol. The van der Waals surface area contributed by atoms with Crippen LogP contribution in [0.1, 0.15) is 39.3 Å². The average Bonchev–Trinajstić information content (AvgIpc) is 2.78. The van der Waals surface area contributed by atoms with E-state index in [0.29, 0.717) is 6.04 Å². The molecule has 1 fully saturated rings. The van der Waals surface area contributed by atoms with Crippen LogP contribution >= 0.6 is 0 Å². The Morgan fingerprint density at radius 1 is 1.41 bits per heavy atom. The number of rotatable bonds is 3. The van der Waals surface area contributed by atoms with Crippen molar-refractivity contribution in [2.24, 2.45) is 0 Å². The fraction of sp³-hybridized carbons (Fsp3) is 0.643. The van der Waals surface area contributed by atoms with Gasteiger partial charge < -0.3 is 10.1 Å². The van der Waals surface area contributed by atoms with Crippen molar-refractivity contribution in [3.63, 3.8) is 0 Å². The lowest BCUT2D eigenvalue weighted by atomic mass is 9.92. The van der Waals surface area contributed by atoms with E-state index in [4.69, 9.17) is 4.74 Å². The molecule has 0 spiro atoms. The molecule has 0 radical (unpaired) electrons. The maximum absolute atomic E-state index is 5.73. The van der Waals surface area contributed by atoms with Gasteiger partial charge in [0, 0.05) is 17.2 Å². The molecule has 3 heteroatoms. The fourth-order valence-electron chi connectivity index (χ4n) is 2.01. The van der Waals surface area contributed by atoms with Gasteiger partial charge in [0.15, 0.2) is 0 Å². The standard InChI is InChI=1S/C14H22N2O/c1-14(2,3)13-7-6-12(9-16-13)17-10-11-5-4-8-15-11/h6-7,9,11,15H,4-5,8,10H2,1-3H3. The number of hydrogen-bond acceptors (Lipinski definition) is 3. The summed E-state index contributed by atoms with van der Waals surface area (Å²) >= 11 is 0. The van der Waals surface area contributed by atoms with Crippen LogP contribution in [0, 0.1) is 0 Å². The molecule has 1 saturated heterocycles. The van der Waals surface area contributed by atoms with Crippen molar-refractivity contribution in [2.75, 3.05) is 13.2 Å². The first-order valence-electron chi connectivity index (χ1n) is 6.38. The minimum Gasteiger partial charge on any atom is -0.490 e. The van der Waals surface area contributed by atoms with Crippen LogP contribution in [0.3, 0.4) is 0 Å². The van der Waals surface area contributed by atoms with Crippen molar-refractivity contribution in [3.8, 4) is 5.75 Å². The third kappa shape index (κ3) is 3.43. The Morgan fingerprint density at radius 3 is 2.76 bits per heavy atom. The van der Waals surface area contributed by atoms with Crippen LogP contribution in [0.25, 0.3) is 0 Å². The summed E-state index contributed by atoms with van der Waals surface area (Å²) in [6.45, 7) is 8.36. The molecule has 1 aromatic heterocycles. The van der Waals surface area contributed by atoms with Crippen molar-refractivity contribution < 1.29 is 4.74 Å². The Kier molecular flexibility index (Phi) is 3.67. The van der Waals surface area contributed by atoms with Gasteiger partial charge in [-0.1, -0.05) is 20.8 Å². The molecule has 0 aromatic carbocycles. The number of nitrogens with zero attached hydrogens (tertiary/aromatic N) is 1. The molecular weight excluding hydrogens is 212 g/mol. The van der Waals surface area contributed by atoms with Crippen LogP contribution in [0.4, 0.5) is 0 Å². The summed E-state index contributed by atoms with van der Waals surface area (Å²) in [7, 11) is 0. The molecule has 94 valence electrons. The number of aromatic nitrogens is 1. The van der Waals surface area contributed by atoms with E-state index in [2.05, 4.69) is 37.1 Å². The van der Waals surface area contributed by atoms with Crippen molar-refractivity contribution in [2.45, 2.75) is 45.1 Å². The second-order valence-electron chi connectivity index (χ2n) is 5.73. The quantitative estimate of drug-likeness (QED) is 0.872. The first kappa shape index (κ1) is 12.4. The summed E-state index contributed by atoms with van der Waals surface area (Å²) in [5, 5.41) is 3.42. The van der Waals surface area contributed by atoms with Gasteiger partial charge in [0.2, 0.25) is 0 Å². The Balaban J connectivity index is 1.89. The molecule has 1 aliphatic heterocycles. The first-order chi connectivity index (χ1) is 8.05. The second-order valence-corrected chi connectivity index (χ2v) is 5.73. The van der Waals surface area contributed by atoms with E-state index in [1.54, 1.807) is 0 Å². The SMILES string of the molecule is CC(C)(C)c1ccc(OCC2CCCN2)cn1. The lowest BCUT2D eigenvalue weighted by Crippen LogP contribution is -2.28. The van der Waals surface area contributed by atoms with Crippen LogP contribution < -0.4 is 10.1 Å². The maximum Gasteiger partial charge on any atom is 0.137 e. The predicted octanol–water partition coefficient (Wildman–Crippen LogP) is 2.51. The lowest BCUT2D eigenvalue weighted by molar-refractivity contribution is 0.276. The van der Waals surface area contributed by atoms with E-state index in [1.165, 1.54) is 12.8 Å². The monoisotopic (exact) mass is 234 g/mol. The van der Waals surface area contributed by atoms with Crippen LogP contribution in [-0.2, 0) is 5.41 Å². The molecular formula is C14H22N2O. The molecule has 1 N–H and O–H groups in total. The van der Waals surface area contributed by atoms with Gasteiger partial charge >= 0.3 is 0 Å². The largest absolute Gasteiger partial charge is 0.490 e.